The van der Waals surface area contributed by atoms with E-state index in [0.717, 1.165) is 28.4 Å². The zero-order chi connectivity index (χ0) is 14.4. The van der Waals surface area contributed by atoms with E-state index in [1.165, 1.54) is 25.7 Å². The highest BCUT2D eigenvalue weighted by molar-refractivity contribution is 9.10. The lowest BCUT2D eigenvalue weighted by molar-refractivity contribution is 0.258. The predicted molar refractivity (Wildman–Crippen MR) is 85.6 cm³/mol. The number of nitrogens with one attached hydrogen (secondary N) is 1. The van der Waals surface area contributed by atoms with Gasteiger partial charge >= 0.3 is 0 Å². The normalized spacial score (nSPS) is 22.6. The molecule has 2 atom stereocenters. The molecule has 1 aliphatic carbocycles. The van der Waals surface area contributed by atoms with E-state index in [2.05, 4.69) is 28.2 Å². The molecule has 1 aromatic carbocycles. The predicted octanol–water partition coefficient (Wildman–Crippen LogP) is 4.00. The summed E-state index contributed by atoms with van der Waals surface area (Å²) >= 11 is 3.50. The van der Waals surface area contributed by atoms with Gasteiger partial charge in [-0.1, -0.05) is 25.8 Å². The molecule has 0 radical (unpaired) electrons. The summed E-state index contributed by atoms with van der Waals surface area (Å²) in [5.74, 6) is 2.41. The number of benzene rings is 1. The van der Waals surface area contributed by atoms with Gasteiger partial charge in [0.25, 0.3) is 0 Å². The summed E-state index contributed by atoms with van der Waals surface area (Å²) in [7, 11) is 1.66. The number of rotatable bonds is 6. The Bertz CT molecular complexity index is 425. The lowest BCUT2D eigenvalue weighted by Crippen LogP contribution is -2.36. The lowest BCUT2D eigenvalue weighted by atomic mass is 9.87. The Kier molecular flexibility index (Phi) is 6.17. The van der Waals surface area contributed by atoms with Crippen molar-refractivity contribution < 1.29 is 9.47 Å². The van der Waals surface area contributed by atoms with Crippen LogP contribution in [0.3, 0.4) is 0 Å². The average molecular weight is 342 g/mol. The summed E-state index contributed by atoms with van der Waals surface area (Å²) in [6, 6.07) is 6.48. The lowest BCUT2D eigenvalue weighted by Gasteiger charge is -2.27. The quantitative estimate of drug-likeness (QED) is 0.793. The maximum atomic E-state index is 5.84. The van der Waals surface area contributed by atoms with Crippen molar-refractivity contribution in [1.82, 2.24) is 5.32 Å². The van der Waals surface area contributed by atoms with Gasteiger partial charge in [-0.3, -0.25) is 0 Å². The first kappa shape index (κ1) is 15.6. The van der Waals surface area contributed by atoms with Gasteiger partial charge in [0.05, 0.1) is 11.6 Å². The molecule has 0 amide bonds. The fourth-order valence-electron chi connectivity index (χ4n) is 2.83. The summed E-state index contributed by atoms with van der Waals surface area (Å²) in [6.07, 6.45) is 5.31. The van der Waals surface area contributed by atoms with E-state index in [-0.39, 0.29) is 0 Å². The van der Waals surface area contributed by atoms with Gasteiger partial charge in [0.1, 0.15) is 6.61 Å². The van der Waals surface area contributed by atoms with Crippen molar-refractivity contribution in [2.75, 3.05) is 20.3 Å². The van der Waals surface area contributed by atoms with Crippen molar-refractivity contribution in [3.05, 3.63) is 22.7 Å². The van der Waals surface area contributed by atoms with Crippen LogP contribution in [0.15, 0.2) is 22.7 Å². The van der Waals surface area contributed by atoms with Gasteiger partial charge in [-0.15, -0.1) is 0 Å². The Labute approximate surface area is 130 Å². The first-order valence-electron chi connectivity index (χ1n) is 7.39. The summed E-state index contributed by atoms with van der Waals surface area (Å²) in [5, 5.41) is 3.60. The van der Waals surface area contributed by atoms with E-state index < -0.39 is 0 Å². The van der Waals surface area contributed by atoms with Crippen LogP contribution in [-0.2, 0) is 0 Å². The number of ether oxygens (including phenoxy) is 2. The summed E-state index contributed by atoms with van der Waals surface area (Å²) in [4.78, 5) is 0. The Hall–Kier alpha value is -0.740. The van der Waals surface area contributed by atoms with Crippen molar-refractivity contribution in [3.63, 3.8) is 0 Å². The minimum absolute atomic E-state index is 0.656. The van der Waals surface area contributed by atoms with E-state index >= 15 is 0 Å². The largest absolute Gasteiger partial charge is 0.493 e. The molecule has 0 bridgehead atoms. The highest BCUT2D eigenvalue weighted by Crippen LogP contribution is 2.34. The highest BCUT2D eigenvalue weighted by Gasteiger charge is 2.18. The van der Waals surface area contributed by atoms with Gasteiger partial charge in [0.15, 0.2) is 11.5 Å². The van der Waals surface area contributed by atoms with Gasteiger partial charge in [0.2, 0.25) is 0 Å². The van der Waals surface area contributed by atoms with Crippen LogP contribution >= 0.6 is 15.9 Å². The van der Waals surface area contributed by atoms with Crippen molar-refractivity contribution in [2.24, 2.45) is 5.92 Å². The van der Waals surface area contributed by atoms with Crippen LogP contribution in [0.4, 0.5) is 0 Å². The molecule has 0 aromatic heterocycles. The second-order valence-corrected chi connectivity index (χ2v) is 6.40. The first-order valence-corrected chi connectivity index (χ1v) is 8.18. The van der Waals surface area contributed by atoms with Gasteiger partial charge in [-0.25, -0.2) is 0 Å². The Balaban J connectivity index is 1.76. The van der Waals surface area contributed by atoms with Crippen LogP contribution in [-0.4, -0.2) is 26.3 Å². The SMILES string of the molecule is COc1cccc(Br)c1OCCNC1CCCC(C)C1. The molecule has 0 spiro atoms. The number of hydrogen-bond donors (Lipinski definition) is 1. The third-order valence-corrected chi connectivity index (χ3v) is 4.49. The number of hydrogen-bond acceptors (Lipinski definition) is 3. The Morgan fingerprint density at radius 2 is 2.20 bits per heavy atom. The fourth-order valence-corrected chi connectivity index (χ4v) is 3.29. The standard InChI is InChI=1S/C16H24BrNO2/c1-12-5-3-6-13(11-12)18-9-10-20-16-14(17)7-4-8-15(16)19-2/h4,7-8,12-13,18H,3,5-6,9-11H2,1-2H3. The van der Waals surface area contributed by atoms with E-state index in [1.807, 2.05) is 18.2 Å². The average Bonchev–Trinajstić information content (AvgIpc) is 2.45. The number of halogens is 1. The smallest absolute Gasteiger partial charge is 0.175 e. The van der Waals surface area contributed by atoms with Crippen LogP contribution in [0.2, 0.25) is 0 Å². The molecule has 2 unspecified atom stereocenters. The molecule has 0 heterocycles. The van der Waals surface area contributed by atoms with Crippen LogP contribution in [0, 0.1) is 5.92 Å². The second kappa shape index (κ2) is 7.89. The second-order valence-electron chi connectivity index (χ2n) is 5.54. The minimum Gasteiger partial charge on any atom is -0.493 e. The van der Waals surface area contributed by atoms with Gasteiger partial charge in [-0.2, -0.15) is 0 Å². The van der Waals surface area contributed by atoms with E-state index in [4.69, 9.17) is 9.47 Å². The molecule has 20 heavy (non-hydrogen) atoms. The third kappa shape index (κ3) is 4.38. The number of methoxy groups -OCH3 is 1. The van der Waals surface area contributed by atoms with Crippen molar-refractivity contribution in [3.8, 4) is 11.5 Å². The maximum absolute atomic E-state index is 5.84. The molecule has 112 valence electrons. The van der Waals surface area contributed by atoms with Gasteiger partial charge in [0, 0.05) is 12.6 Å². The van der Waals surface area contributed by atoms with Crippen LogP contribution in [0.5, 0.6) is 11.5 Å². The molecule has 1 N–H and O–H groups in total. The molecule has 3 nitrogen and oxygen atoms in total. The third-order valence-electron chi connectivity index (χ3n) is 3.87. The monoisotopic (exact) mass is 341 g/mol. The molecule has 0 saturated heterocycles. The van der Waals surface area contributed by atoms with Crippen LogP contribution < -0.4 is 14.8 Å². The van der Waals surface area contributed by atoms with Crippen LogP contribution in [0.25, 0.3) is 0 Å². The zero-order valence-electron chi connectivity index (χ0n) is 12.3. The van der Waals surface area contributed by atoms with Crippen molar-refractivity contribution in [1.29, 1.82) is 0 Å². The van der Waals surface area contributed by atoms with Crippen molar-refractivity contribution >= 4 is 15.9 Å². The molecule has 2 rings (SSSR count). The Morgan fingerprint density at radius 3 is 2.95 bits per heavy atom. The summed E-state index contributed by atoms with van der Waals surface area (Å²) in [5.41, 5.74) is 0. The van der Waals surface area contributed by atoms with E-state index in [9.17, 15) is 0 Å². The number of para-hydroxylation sites is 1. The highest BCUT2D eigenvalue weighted by atomic mass is 79.9. The van der Waals surface area contributed by atoms with Crippen LogP contribution in [0.1, 0.15) is 32.6 Å². The van der Waals surface area contributed by atoms with Gasteiger partial charge in [-0.05, 0) is 46.8 Å². The molecule has 1 fully saturated rings. The molecule has 1 aliphatic rings. The minimum atomic E-state index is 0.656. The molecular formula is C16H24BrNO2. The molecule has 4 heteroatoms. The molecule has 1 aromatic rings. The molecule has 1 saturated carbocycles. The molecular weight excluding hydrogens is 318 g/mol. The zero-order valence-corrected chi connectivity index (χ0v) is 13.9. The first-order chi connectivity index (χ1) is 9.70. The fraction of sp³-hybridized carbons (Fsp3) is 0.625. The Morgan fingerprint density at radius 1 is 1.35 bits per heavy atom. The summed E-state index contributed by atoms with van der Waals surface area (Å²) < 4.78 is 12.1. The van der Waals surface area contributed by atoms with Crippen molar-refractivity contribution in [2.45, 2.75) is 38.6 Å². The van der Waals surface area contributed by atoms with E-state index in [0.29, 0.717) is 12.6 Å². The maximum Gasteiger partial charge on any atom is 0.175 e. The van der Waals surface area contributed by atoms with E-state index in [1.54, 1.807) is 7.11 Å². The summed E-state index contributed by atoms with van der Waals surface area (Å²) in [6.45, 7) is 3.88. The van der Waals surface area contributed by atoms with Gasteiger partial charge < -0.3 is 14.8 Å². The molecule has 0 aliphatic heterocycles. The topological polar surface area (TPSA) is 30.5 Å².